The number of carbonyl (C=O) groups excluding carboxylic acids is 1. The summed E-state index contributed by atoms with van der Waals surface area (Å²) in [4.78, 5) is 18.6. The molecule has 4 heteroatoms. The molecule has 1 N–H and O–H groups in total. The van der Waals surface area contributed by atoms with E-state index in [1.54, 1.807) is 0 Å². The molecule has 0 radical (unpaired) electrons. The number of anilines is 1. The maximum Gasteiger partial charge on any atom is 0.269 e. The number of rotatable bonds is 10. The van der Waals surface area contributed by atoms with Crippen molar-refractivity contribution < 1.29 is 4.79 Å². The van der Waals surface area contributed by atoms with Crippen molar-refractivity contribution >= 4 is 11.6 Å². The van der Waals surface area contributed by atoms with Gasteiger partial charge in [-0.15, -0.1) is 0 Å². The zero-order chi connectivity index (χ0) is 15.5. The Morgan fingerprint density at radius 2 is 1.81 bits per heavy atom. The molecule has 4 nitrogen and oxygen atoms in total. The lowest BCUT2D eigenvalue weighted by Gasteiger charge is -2.23. The van der Waals surface area contributed by atoms with Crippen molar-refractivity contribution in [3.63, 3.8) is 0 Å². The number of amides is 1. The maximum absolute atomic E-state index is 12.0. The Labute approximate surface area is 129 Å². The second-order valence-electron chi connectivity index (χ2n) is 5.35. The fraction of sp³-hybridized carbons (Fsp3) is 0.647. The van der Waals surface area contributed by atoms with Crippen LogP contribution in [0.5, 0.6) is 0 Å². The highest BCUT2D eigenvalue weighted by Gasteiger charge is 2.09. The molecule has 0 saturated heterocycles. The van der Waals surface area contributed by atoms with Gasteiger partial charge in [-0.2, -0.15) is 0 Å². The quantitative estimate of drug-likeness (QED) is 0.670. The fourth-order valence-corrected chi connectivity index (χ4v) is 2.28. The first-order chi connectivity index (χ1) is 10.2. The largest absolute Gasteiger partial charge is 0.370 e. The van der Waals surface area contributed by atoms with Crippen molar-refractivity contribution in [1.29, 1.82) is 0 Å². The summed E-state index contributed by atoms with van der Waals surface area (Å²) < 4.78 is 0. The van der Waals surface area contributed by atoms with Crippen molar-refractivity contribution in [3.8, 4) is 0 Å². The molecule has 1 aromatic rings. The molecule has 1 aromatic heterocycles. The number of hydrogen-bond acceptors (Lipinski definition) is 3. The highest BCUT2D eigenvalue weighted by atomic mass is 16.1. The zero-order valence-corrected chi connectivity index (χ0v) is 13.7. The van der Waals surface area contributed by atoms with Crippen LogP contribution in [0, 0.1) is 0 Å². The summed E-state index contributed by atoms with van der Waals surface area (Å²) >= 11 is 0. The van der Waals surface area contributed by atoms with Gasteiger partial charge in [0, 0.05) is 19.6 Å². The van der Waals surface area contributed by atoms with Crippen molar-refractivity contribution in [2.24, 2.45) is 0 Å². The Bertz CT molecular complexity index is 397. The third kappa shape index (κ3) is 6.15. The van der Waals surface area contributed by atoms with E-state index in [4.69, 9.17) is 0 Å². The van der Waals surface area contributed by atoms with Crippen molar-refractivity contribution in [3.05, 3.63) is 24.0 Å². The van der Waals surface area contributed by atoms with Gasteiger partial charge in [-0.25, -0.2) is 4.98 Å². The van der Waals surface area contributed by atoms with E-state index < -0.39 is 0 Å². The molecule has 1 heterocycles. The third-order valence-electron chi connectivity index (χ3n) is 3.40. The molecular weight excluding hydrogens is 262 g/mol. The maximum atomic E-state index is 12.0. The molecule has 1 amide bonds. The van der Waals surface area contributed by atoms with Crippen LogP contribution in [0.4, 0.5) is 5.69 Å². The topological polar surface area (TPSA) is 45.2 Å². The summed E-state index contributed by atoms with van der Waals surface area (Å²) in [5.74, 6) is -0.0739. The van der Waals surface area contributed by atoms with Gasteiger partial charge in [0.25, 0.3) is 5.91 Å². The molecule has 0 aliphatic carbocycles. The highest BCUT2D eigenvalue weighted by Crippen LogP contribution is 2.14. The predicted molar refractivity (Wildman–Crippen MR) is 88.9 cm³/mol. The molecule has 0 aliphatic heterocycles. The Balaban J connectivity index is 2.57. The first kappa shape index (κ1) is 17.5. The molecule has 0 unspecified atom stereocenters. The lowest BCUT2D eigenvalue weighted by Crippen LogP contribution is -2.27. The van der Waals surface area contributed by atoms with Crippen LogP contribution in [0.2, 0.25) is 0 Å². The Morgan fingerprint density at radius 3 is 2.33 bits per heavy atom. The van der Waals surface area contributed by atoms with E-state index in [2.05, 4.69) is 36.0 Å². The summed E-state index contributed by atoms with van der Waals surface area (Å²) in [7, 11) is 0. The molecular formula is C17H29N3O. The van der Waals surface area contributed by atoms with Crippen LogP contribution >= 0.6 is 0 Å². The van der Waals surface area contributed by atoms with Gasteiger partial charge >= 0.3 is 0 Å². The van der Waals surface area contributed by atoms with Crippen molar-refractivity contribution in [2.45, 2.75) is 52.9 Å². The second-order valence-corrected chi connectivity index (χ2v) is 5.35. The van der Waals surface area contributed by atoms with Gasteiger partial charge in [0.1, 0.15) is 5.69 Å². The van der Waals surface area contributed by atoms with Gasteiger partial charge < -0.3 is 10.2 Å². The molecule has 1 rings (SSSR count). The van der Waals surface area contributed by atoms with Crippen LogP contribution in [0.1, 0.15) is 63.4 Å². The minimum absolute atomic E-state index is 0.0739. The summed E-state index contributed by atoms with van der Waals surface area (Å²) in [6.45, 7) is 9.28. The van der Waals surface area contributed by atoms with Crippen molar-refractivity contribution in [1.82, 2.24) is 10.3 Å². The summed E-state index contributed by atoms with van der Waals surface area (Å²) in [6, 6.07) is 3.82. The number of unbranched alkanes of at least 4 members (excludes halogenated alkanes) is 2. The van der Waals surface area contributed by atoms with Gasteiger partial charge in [0.2, 0.25) is 0 Å². The van der Waals surface area contributed by atoms with Crippen LogP contribution in [0.3, 0.4) is 0 Å². The number of pyridine rings is 1. The predicted octanol–water partition coefficient (Wildman–Crippen LogP) is 3.63. The van der Waals surface area contributed by atoms with E-state index in [1.807, 2.05) is 18.3 Å². The van der Waals surface area contributed by atoms with Gasteiger partial charge in [-0.3, -0.25) is 4.79 Å². The van der Waals surface area contributed by atoms with E-state index in [-0.39, 0.29) is 5.91 Å². The SMILES string of the molecule is CCCCCNC(=O)c1ccc(N(CCC)CCC)cn1. The van der Waals surface area contributed by atoms with Crippen LogP contribution in [0.25, 0.3) is 0 Å². The number of nitrogens with zero attached hydrogens (tertiary/aromatic N) is 2. The van der Waals surface area contributed by atoms with E-state index in [1.165, 1.54) is 0 Å². The molecule has 0 aliphatic rings. The van der Waals surface area contributed by atoms with E-state index >= 15 is 0 Å². The highest BCUT2D eigenvalue weighted by molar-refractivity contribution is 5.92. The second kappa shape index (κ2) is 10.2. The van der Waals surface area contributed by atoms with Gasteiger partial charge in [-0.1, -0.05) is 33.6 Å². The Kier molecular flexibility index (Phi) is 8.48. The number of hydrogen-bond donors (Lipinski definition) is 1. The van der Waals surface area contributed by atoms with Crippen LogP contribution in [-0.2, 0) is 0 Å². The van der Waals surface area contributed by atoms with E-state index in [9.17, 15) is 4.79 Å². The number of carbonyl (C=O) groups is 1. The van der Waals surface area contributed by atoms with Crippen LogP contribution < -0.4 is 10.2 Å². The first-order valence-corrected chi connectivity index (χ1v) is 8.22. The number of aromatic nitrogens is 1. The average Bonchev–Trinajstić information content (AvgIpc) is 2.51. The molecule has 0 spiro atoms. The zero-order valence-electron chi connectivity index (χ0n) is 13.7. The summed E-state index contributed by atoms with van der Waals surface area (Å²) in [5.41, 5.74) is 1.60. The molecule has 0 atom stereocenters. The van der Waals surface area contributed by atoms with Crippen LogP contribution in [-0.4, -0.2) is 30.5 Å². The standard InChI is InChI=1S/C17H29N3O/c1-4-7-8-11-18-17(21)16-10-9-15(14-19-16)20(12-5-2)13-6-3/h9-10,14H,4-8,11-13H2,1-3H3,(H,18,21). The molecule has 21 heavy (non-hydrogen) atoms. The average molecular weight is 291 g/mol. The van der Waals surface area contributed by atoms with Crippen molar-refractivity contribution in [2.75, 3.05) is 24.5 Å². The van der Waals surface area contributed by atoms with Gasteiger partial charge in [-0.05, 0) is 31.4 Å². The Morgan fingerprint density at radius 1 is 1.10 bits per heavy atom. The summed E-state index contributed by atoms with van der Waals surface area (Å²) in [5, 5.41) is 2.92. The molecule has 0 fully saturated rings. The minimum atomic E-state index is -0.0739. The molecule has 0 aromatic carbocycles. The molecule has 0 saturated carbocycles. The molecule has 118 valence electrons. The van der Waals surface area contributed by atoms with E-state index in [0.29, 0.717) is 5.69 Å². The first-order valence-electron chi connectivity index (χ1n) is 8.22. The van der Waals surface area contributed by atoms with E-state index in [0.717, 1.165) is 57.4 Å². The summed E-state index contributed by atoms with van der Waals surface area (Å²) in [6.07, 6.45) is 7.37. The third-order valence-corrected chi connectivity index (χ3v) is 3.40. The number of nitrogens with one attached hydrogen (secondary N) is 1. The normalized spacial score (nSPS) is 10.4. The monoisotopic (exact) mass is 291 g/mol. The van der Waals surface area contributed by atoms with Crippen LogP contribution in [0.15, 0.2) is 18.3 Å². The molecule has 0 bridgehead atoms. The Hall–Kier alpha value is -1.58. The minimum Gasteiger partial charge on any atom is -0.370 e. The van der Waals surface area contributed by atoms with Gasteiger partial charge in [0.05, 0.1) is 11.9 Å². The lowest BCUT2D eigenvalue weighted by molar-refractivity contribution is 0.0948. The smallest absolute Gasteiger partial charge is 0.269 e. The van der Waals surface area contributed by atoms with Gasteiger partial charge in [0.15, 0.2) is 0 Å². The lowest BCUT2D eigenvalue weighted by atomic mass is 10.2. The fourth-order valence-electron chi connectivity index (χ4n) is 2.28.